The number of carbonyl (C=O) groups is 1. The maximum Gasteiger partial charge on any atom is 0.259 e. The predicted octanol–water partition coefficient (Wildman–Crippen LogP) is 3.38. The topological polar surface area (TPSA) is 126 Å². The Bertz CT molecular complexity index is 1400. The number of aliphatic hydroxyl groups is 1. The van der Waals surface area contributed by atoms with Crippen molar-refractivity contribution in [1.29, 1.82) is 0 Å². The van der Waals surface area contributed by atoms with Crippen LogP contribution < -0.4 is 15.0 Å². The van der Waals surface area contributed by atoms with E-state index in [-0.39, 0.29) is 12.0 Å². The van der Waals surface area contributed by atoms with Gasteiger partial charge in [-0.25, -0.2) is 9.97 Å². The van der Waals surface area contributed by atoms with E-state index in [1.807, 2.05) is 26.0 Å². The number of nitrogens with zero attached hydrogens (tertiary/aromatic N) is 6. The van der Waals surface area contributed by atoms with Gasteiger partial charge >= 0.3 is 0 Å². The van der Waals surface area contributed by atoms with Crippen molar-refractivity contribution in [3.8, 4) is 16.9 Å². The van der Waals surface area contributed by atoms with Gasteiger partial charge < -0.3 is 14.7 Å². The number of thiazole rings is 1. The third-order valence-corrected chi connectivity index (χ3v) is 6.79. The fourth-order valence-corrected chi connectivity index (χ4v) is 4.85. The average Bonchev–Trinajstić information content (AvgIpc) is 3.25. The monoisotopic (exact) mass is 491 g/mol. The van der Waals surface area contributed by atoms with Crippen LogP contribution in [0.5, 0.6) is 5.75 Å². The van der Waals surface area contributed by atoms with Crippen molar-refractivity contribution in [2.45, 2.75) is 32.8 Å². The lowest BCUT2D eigenvalue weighted by Gasteiger charge is -2.29. The molecule has 1 aliphatic rings. The quantitative estimate of drug-likeness (QED) is 0.432. The number of hydrogen-bond acceptors (Lipinski definition) is 10. The van der Waals surface area contributed by atoms with Gasteiger partial charge in [0.05, 0.1) is 31.2 Å². The van der Waals surface area contributed by atoms with E-state index >= 15 is 0 Å². The van der Waals surface area contributed by atoms with E-state index in [2.05, 4.69) is 35.1 Å². The number of aromatic nitrogens is 5. The lowest BCUT2D eigenvalue weighted by atomic mass is 9.99. The first-order chi connectivity index (χ1) is 16.9. The molecule has 2 N–H and O–H groups in total. The Kier molecular flexibility index (Phi) is 6.27. The number of anilines is 2. The first-order valence-electron chi connectivity index (χ1n) is 11.3. The molecule has 180 valence electrons. The number of methoxy groups -OCH3 is 1. The molecule has 0 saturated carbocycles. The highest BCUT2D eigenvalue weighted by Crippen LogP contribution is 2.33. The van der Waals surface area contributed by atoms with Crippen LogP contribution in [0.2, 0.25) is 0 Å². The third kappa shape index (κ3) is 4.77. The molecule has 0 unspecified atom stereocenters. The van der Waals surface area contributed by atoms with Crippen LogP contribution in [0, 0.1) is 13.8 Å². The smallest absolute Gasteiger partial charge is 0.259 e. The van der Waals surface area contributed by atoms with Crippen LogP contribution in [0.1, 0.15) is 34.6 Å². The van der Waals surface area contributed by atoms with E-state index in [0.717, 1.165) is 17.0 Å². The molecule has 35 heavy (non-hydrogen) atoms. The van der Waals surface area contributed by atoms with Crippen molar-refractivity contribution in [3.63, 3.8) is 0 Å². The summed E-state index contributed by atoms with van der Waals surface area (Å²) in [6, 6.07) is 3.75. The molecule has 5 heterocycles. The molecule has 0 atom stereocenters. The number of pyridine rings is 2. The Balaban J connectivity index is 1.43. The number of rotatable bonds is 5. The zero-order valence-corrected chi connectivity index (χ0v) is 20.5. The summed E-state index contributed by atoms with van der Waals surface area (Å²) < 4.78 is 5.50. The molecule has 0 aliphatic carbocycles. The Labute approximate surface area is 206 Å². The molecule has 0 spiro atoms. The SMILES string of the molecule is COc1cnc(C)cc1-c1cc(C)ncc1C(=O)Nc1nc2cnc(N3CCC(O)CC3)nc2s1. The summed E-state index contributed by atoms with van der Waals surface area (Å²) in [5.74, 6) is 0.848. The molecule has 1 amide bonds. The van der Waals surface area contributed by atoms with E-state index in [9.17, 15) is 9.90 Å². The molecule has 1 aliphatic heterocycles. The van der Waals surface area contributed by atoms with Crippen molar-refractivity contribution >= 4 is 38.7 Å². The van der Waals surface area contributed by atoms with Crippen LogP contribution in [0.4, 0.5) is 11.1 Å². The number of hydrogen-bond donors (Lipinski definition) is 2. The number of ether oxygens (including phenoxy) is 1. The molecule has 10 nitrogen and oxygen atoms in total. The fraction of sp³-hybridized carbons (Fsp3) is 0.333. The molecule has 1 fully saturated rings. The number of aryl methyl sites for hydroxylation is 2. The minimum atomic E-state index is -0.332. The van der Waals surface area contributed by atoms with Gasteiger partial charge in [-0.15, -0.1) is 0 Å². The molecule has 1 saturated heterocycles. The van der Waals surface area contributed by atoms with Crippen molar-refractivity contribution in [3.05, 3.63) is 47.7 Å². The summed E-state index contributed by atoms with van der Waals surface area (Å²) in [6.45, 7) is 5.17. The Hall–Kier alpha value is -3.70. The van der Waals surface area contributed by atoms with Crippen LogP contribution in [-0.2, 0) is 0 Å². The minimum absolute atomic E-state index is 0.266. The van der Waals surface area contributed by atoms with Crippen LogP contribution in [0.15, 0.2) is 30.7 Å². The van der Waals surface area contributed by atoms with E-state index in [4.69, 9.17) is 4.74 Å². The third-order valence-electron chi connectivity index (χ3n) is 5.91. The van der Waals surface area contributed by atoms with Crippen molar-refractivity contribution < 1.29 is 14.6 Å². The van der Waals surface area contributed by atoms with Gasteiger partial charge in [-0.3, -0.25) is 20.1 Å². The number of fused-ring (bicyclic) bond motifs is 1. The highest BCUT2D eigenvalue weighted by atomic mass is 32.1. The Morgan fingerprint density at radius 1 is 1.06 bits per heavy atom. The molecule has 0 aromatic carbocycles. The first kappa shape index (κ1) is 23.1. The number of nitrogens with one attached hydrogen (secondary N) is 1. The molecule has 0 radical (unpaired) electrons. The largest absolute Gasteiger partial charge is 0.494 e. The number of aliphatic hydroxyl groups excluding tert-OH is 1. The number of amides is 1. The second kappa shape index (κ2) is 9.51. The van der Waals surface area contributed by atoms with Crippen LogP contribution >= 0.6 is 11.3 Å². The van der Waals surface area contributed by atoms with E-state index in [1.54, 1.807) is 25.7 Å². The lowest BCUT2D eigenvalue weighted by molar-refractivity contribution is 0.102. The Morgan fingerprint density at radius 3 is 2.51 bits per heavy atom. The molecule has 0 bridgehead atoms. The summed E-state index contributed by atoms with van der Waals surface area (Å²) in [5.41, 5.74) is 4.07. The highest BCUT2D eigenvalue weighted by molar-refractivity contribution is 7.22. The highest BCUT2D eigenvalue weighted by Gasteiger charge is 2.21. The van der Waals surface area contributed by atoms with Gasteiger partial charge in [0, 0.05) is 41.8 Å². The number of carbonyl (C=O) groups excluding carboxylic acids is 1. The zero-order valence-electron chi connectivity index (χ0n) is 19.6. The number of piperidine rings is 1. The maximum atomic E-state index is 13.3. The van der Waals surface area contributed by atoms with Gasteiger partial charge in [0.2, 0.25) is 5.95 Å². The van der Waals surface area contributed by atoms with Gasteiger partial charge in [-0.05, 0) is 38.8 Å². The average molecular weight is 492 g/mol. The van der Waals surface area contributed by atoms with Gasteiger partial charge in [-0.2, -0.15) is 4.98 Å². The fourth-order valence-electron chi connectivity index (χ4n) is 4.05. The minimum Gasteiger partial charge on any atom is -0.494 e. The summed E-state index contributed by atoms with van der Waals surface area (Å²) in [5, 5.41) is 13.1. The molecule has 11 heteroatoms. The molecule has 4 aromatic rings. The van der Waals surface area contributed by atoms with Crippen LogP contribution in [0.3, 0.4) is 0 Å². The van der Waals surface area contributed by atoms with Crippen LogP contribution in [0.25, 0.3) is 21.5 Å². The van der Waals surface area contributed by atoms with Crippen molar-refractivity contribution in [2.24, 2.45) is 0 Å². The van der Waals surface area contributed by atoms with E-state index in [0.29, 0.717) is 64.2 Å². The van der Waals surface area contributed by atoms with Gasteiger partial charge in [0.25, 0.3) is 5.91 Å². The summed E-state index contributed by atoms with van der Waals surface area (Å²) in [4.78, 5) is 38.2. The van der Waals surface area contributed by atoms with Crippen molar-refractivity contribution in [2.75, 3.05) is 30.4 Å². The zero-order chi connectivity index (χ0) is 24.5. The predicted molar refractivity (Wildman–Crippen MR) is 134 cm³/mol. The van der Waals surface area contributed by atoms with Gasteiger partial charge in [-0.1, -0.05) is 11.3 Å². The normalized spacial score (nSPS) is 14.3. The first-order valence-corrected chi connectivity index (χ1v) is 12.1. The van der Waals surface area contributed by atoms with Gasteiger partial charge in [0.1, 0.15) is 11.3 Å². The van der Waals surface area contributed by atoms with Gasteiger partial charge in [0.15, 0.2) is 9.96 Å². The van der Waals surface area contributed by atoms with Crippen molar-refractivity contribution in [1.82, 2.24) is 24.9 Å². The molecular weight excluding hydrogens is 466 g/mol. The summed E-state index contributed by atoms with van der Waals surface area (Å²) in [7, 11) is 1.58. The van der Waals surface area contributed by atoms with E-state index in [1.165, 1.54) is 11.3 Å². The van der Waals surface area contributed by atoms with Crippen LogP contribution in [-0.4, -0.2) is 62.2 Å². The second-order valence-corrected chi connectivity index (χ2v) is 9.43. The molecule has 4 aromatic heterocycles. The summed E-state index contributed by atoms with van der Waals surface area (Å²) in [6.07, 6.45) is 6.00. The Morgan fingerprint density at radius 2 is 1.77 bits per heavy atom. The molecule has 5 rings (SSSR count). The van der Waals surface area contributed by atoms with E-state index < -0.39 is 0 Å². The standard InChI is InChI=1S/C24H25N7O3S/c1-13-8-16(17-9-14(2)26-12-20(17)34-3)18(10-25-13)21(33)29-24-28-19-11-27-23(30-22(19)35-24)31-6-4-15(32)5-7-31/h8-12,15,32H,4-7H2,1-3H3,(H,28,29,33). The maximum absolute atomic E-state index is 13.3. The second-order valence-electron chi connectivity index (χ2n) is 8.45. The summed E-state index contributed by atoms with van der Waals surface area (Å²) >= 11 is 1.29. The molecular formula is C24H25N7O3S. The lowest BCUT2D eigenvalue weighted by Crippen LogP contribution is -2.36.